The molecule has 0 radical (unpaired) electrons. The molecule has 0 amide bonds. The van der Waals surface area contributed by atoms with Gasteiger partial charge in [-0.2, -0.15) is 4.31 Å². The van der Waals surface area contributed by atoms with Gasteiger partial charge >= 0.3 is 0 Å². The minimum absolute atomic E-state index is 0.0478. The molecular weight excluding hydrogens is 272 g/mol. The largest absolute Gasteiger partial charge is 0.398 e. The lowest BCUT2D eigenvalue weighted by molar-refractivity contribution is 0.220. The second kappa shape index (κ2) is 5.37. The summed E-state index contributed by atoms with van der Waals surface area (Å²) in [6, 6.07) is 3.36. The maximum absolute atomic E-state index is 12.8. The Bertz CT molecular complexity index is 587. The van der Waals surface area contributed by atoms with E-state index in [2.05, 4.69) is 6.92 Å². The second-order valence-electron chi connectivity index (χ2n) is 6.05. The Morgan fingerprint density at radius 2 is 1.90 bits per heavy atom. The van der Waals surface area contributed by atoms with Crippen molar-refractivity contribution in [3.05, 3.63) is 23.3 Å². The van der Waals surface area contributed by atoms with Crippen LogP contribution in [0.2, 0.25) is 0 Å². The zero-order chi connectivity index (χ0) is 15.1. The Morgan fingerprint density at radius 1 is 1.25 bits per heavy atom. The molecule has 1 aliphatic heterocycles. The quantitative estimate of drug-likeness (QED) is 0.853. The van der Waals surface area contributed by atoms with Crippen LogP contribution >= 0.6 is 0 Å². The fourth-order valence-corrected chi connectivity index (χ4v) is 4.66. The summed E-state index contributed by atoms with van der Waals surface area (Å²) < 4.78 is 27.2. The summed E-state index contributed by atoms with van der Waals surface area (Å²) in [6.45, 7) is 8.56. The summed E-state index contributed by atoms with van der Waals surface area (Å²) in [5.74, 6) is 0.585. The summed E-state index contributed by atoms with van der Waals surface area (Å²) in [5.41, 5.74) is 8.33. The highest BCUT2D eigenvalue weighted by Crippen LogP contribution is 2.30. The highest BCUT2D eigenvalue weighted by Gasteiger charge is 2.33. The fourth-order valence-electron chi connectivity index (χ4n) is 2.88. The molecule has 2 unspecified atom stereocenters. The van der Waals surface area contributed by atoms with E-state index >= 15 is 0 Å². The number of nitrogen functional groups attached to an aromatic ring is 1. The third-order valence-corrected chi connectivity index (χ3v) is 6.36. The molecule has 1 aromatic rings. The first-order valence-corrected chi connectivity index (χ1v) is 8.56. The maximum atomic E-state index is 12.8. The van der Waals surface area contributed by atoms with Crippen molar-refractivity contribution < 1.29 is 8.42 Å². The maximum Gasteiger partial charge on any atom is 0.243 e. The van der Waals surface area contributed by atoms with Gasteiger partial charge in [0, 0.05) is 18.3 Å². The van der Waals surface area contributed by atoms with Gasteiger partial charge in [-0.25, -0.2) is 8.42 Å². The third kappa shape index (κ3) is 2.69. The first-order chi connectivity index (χ1) is 9.23. The van der Waals surface area contributed by atoms with E-state index < -0.39 is 10.0 Å². The molecule has 0 saturated carbocycles. The van der Waals surface area contributed by atoms with E-state index in [0.717, 1.165) is 24.0 Å². The Kier molecular flexibility index (Phi) is 4.12. The standard InChI is InChI=1S/C15H24N2O2S/c1-10-5-6-17(12(3)7-10)20(18,19)14-8-11(2)13(4)15(16)9-14/h8-10,12H,5-7,16H2,1-4H3. The Hall–Kier alpha value is -1.07. The van der Waals surface area contributed by atoms with E-state index in [1.54, 1.807) is 16.4 Å². The van der Waals surface area contributed by atoms with Gasteiger partial charge in [0.05, 0.1) is 4.90 Å². The molecule has 0 spiro atoms. The molecular formula is C15H24N2O2S. The van der Waals surface area contributed by atoms with Crippen molar-refractivity contribution in [2.24, 2.45) is 5.92 Å². The molecule has 2 atom stereocenters. The number of nitrogens with two attached hydrogens (primary N) is 1. The van der Waals surface area contributed by atoms with Crippen molar-refractivity contribution in [3.63, 3.8) is 0 Å². The number of rotatable bonds is 2. The first kappa shape index (κ1) is 15.3. The average molecular weight is 296 g/mol. The number of hydrogen-bond acceptors (Lipinski definition) is 3. The predicted octanol–water partition coefficient (Wildman–Crippen LogP) is 2.69. The lowest BCUT2D eigenvalue weighted by Gasteiger charge is -2.35. The molecule has 0 bridgehead atoms. The van der Waals surface area contributed by atoms with Crippen molar-refractivity contribution in [2.75, 3.05) is 12.3 Å². The van der Waals surface area contributed by atoms with Crippen LogP contribution in [-0.2, 0) is 10.0 Å². The van der Waals surface area contributed by atoms with E-state index in [4.69, 9.17) is 5.73 Å². The highest BCUT2D eigenvalue weighted by atomic mass is 32.2. The minimum atomic E-state index is -3.44. The van der Waals surface area contributed by atoms with Gasteiger partial charge in [0.15, 0.2) is 0 Å². The van der Waals surface area contributed by atoms with Crippen molar-refractivity contribution in [2.45, 2.75) is 51.5 Å². The average Bonchev–Trinajstić information content (AvgIpc) is 2.34. The molecule has 1 heterocycles. The van der Waals surface area contributed by atoms with Crippen LogP contribution in [0, 0.1) is 19.8 Å². The smallest absolute Gasteiger partial charge is 0.243 e. The topological polar surface area (TPSA) is 63.4 Å². The Labute approximate surface area is 122 Å². The van der Waals surface area contributed by atoms with Crippen molar-refractivity contribution >= 4 is 15.7 Å². The van der Waals surface area contributed by atoms with Gasteiger partial charge in [0.1, 0.15) is 0 Å². The molecule has 0 aliphatic carbocycles. The van der Waals surface area contributed by atoms with E-state index in [0.29, 0.717) is 23.0 Å². The molecule has 112 valence electrons. The van der Waals surface area contributed by atoms with Crippen LogP contribution in [0.1, 0.15) is 37.8 Å². The lowest BCUT2D eigenvalue weighted by atomic mass is 9.95. The molecule has 5 heteroatoms. The zero-order valence-electron chi connectivity index (χ0n) is 12.7. The van der Waals surface area contributed by atoms with Gasteiger partial charge in [-0.05, 0) is 62.8 Å². The SMILES string of the molecule is Cc1cc(S(=O)(=O)N2CCC(C)CC2C)cc(N)c1C. The number of hydrogen-bond donors (Lipinski definition) is 1. The number of aryl methyl sites for hydroxylation is 1. The number of nitrogens with zero attached hydrogens (tertiary/aromatic N) is 1. The summed E-state index contributed by atoms with van der Waals surface area (Å²) in [7, 11) is -3.44. The minimum Gasteiger partial charge on any atom is -0.398 e. The van der Waals surface area contributed by atoms with Crippen LogP contribution in [0.25, 0.3) is 0 Å². The van der Waals surface area contributed by atoms with Gasteiger partial charge in [-0.1, -0.05) is 6.92 Å². The number of benzene rings is 1. The van der Waals surface area contributed by atoms with Crippen LogP contribution in [0.15, 0.2) is 17.0 Å². The van der Waals surface area contributed by atoms with Crippen LogP contribution in [0.4, 0.5) is 5.69 Å². The van der Waals surface area contributed by atoms with E-state index in [1.165, 1.54) is 0 Å². The van der Waals surface area contributed by atoms with Gasteiger partial charge in [0.2, 0.25) is 10.0 Å². The lowest BCUT2D eigenvalue weighted by Crippen LogP contribution is -2.44. The van der Waals surface area contributed by atoms with Gasteiger partial charge in [-0.3, -0.25) is 0 Å². The molecule has 2 N–H and O–H groups in total. The molecule has 1 fully saturated rings. The third-order valence-electron chi connectivity index (χ3n) is 4.37. The molecule has 1 saturated heterocycles. The molecule has 4 nitrogen and oxygen atoms in total. The fraction of sp³-hybridized carbons (Fsp3) is 0.600. The summed E-state index contributed by atoms with van der Waals surface area (Å²) in [6.07, 6.45) is 1.84. The number of piperidine rings is 1. The van der Waals surface area contributed by atoms with Crippen LogP contribution in [-0.4, -0.2) is 25.3 Å². The molecule has 2 rings (SSSR count). The molecule has 1 aliphatic rings. The predicted molar refractivity (Wildman–Crippen MR) is 82.1 cm³/mol. The normalized spacial score (nSPS) is 24.8. The van der Waals surface area contributed by atoms with Crippen molar-refractivity contribution in [3.8, 4) is 0 Å². The zero-order valence-corrected chi connectivity index (χ0v) is 13.5. The van der Waals surface area contributed by atoms with E-state index in [1.807, 2.05) is 20.8 Å². The number of sulfonamides is 1. The Balaban J connectivity index is 2.40. The van der Waals surface area contributed by atoms with Crippen molar-refractivity contribution in [1.29, 1.82) is 0 Å². The van der Waals surface area contributed by atoms with E-state index in [9.17, 15) is 8.42 Å². The first-order valence-electron chi connectivity index (χ1n) is 7.12. The van der Waals surface area contributed by atoms with Gasteiger partial charge < -0.3 is 5.73 Å². The van der Waals surface area contributed by atoms with Crippen LogP contribution in [0.3, 0.4) is 0 Å². The summed E-state index contributed by atoms with van der Waals surface area (Å²) in [5, 5.41) is 0. The summed E-state index contributed by atoms with van der Waals surface area (Å²) >= 11 is 0. The monoisotopic (exact) mass is 296 g/mol. The molecule has 0 aromatic heterocycles. The second-order valence-corrected chi connectivity index (χ2v) is 7.94. The van der Waals surface area contributed by atoms with Gasteiger partial charge in [0.25, 0.3) is 0 Å². The van der Waals surface area contributed by atoms with Crippen LogP contribution in [0.5, 0.6) is 0 Å². The summed E-state index contributed by atoms with van der Waals surface area (Å²) in [4.78, 5) is 0.319. The highest BCUT2D eigenvalue weighted by molar-refractivity contribution is 7.89. The van der Waals surface area contributed by atoms with E-state index in [-0.39, 0.29) is 6.04 Å². The van der Waals surface area contributed by atoms with Crippen LogP contribution < -0.4 is 5.73 Å². The van der Waals surface area contributed by atoms with Crippen molar-refractivity contribution in [1.82, 2.24) is 4.31 Å². The van der Waals surface area contributed by atoms with Gasteiger partial charge in [-0.15, -0.1) is 0 Å². The number of anilines is 1. The molecule has 20 heavy (non-hydrogen) atoms. The molecule has 1 aromatic carbocycles. The Morgan fingerprint density at radius 3 is 2.45 bits per heavy atom.